The summed E-state index contributed by atoms with van der Waals surface area (Å²) in [4.78, 5) is 17.0. The van der Waals surface area contributed by atoms with Gasteiger partial charge in [0.15, 0.2) is 5.13 Å². The topological polar surface area (TPSA) is 77.2 Å². The van der Waals surface area contributed by atoms with Crippen molar-refractivity contribution in [3.63, 3.8) is 0 Å². The third kappa shape index (κ3) is 2.77. The van der Waals surface area contributed by atoms with E-state index in [4.69, 9.17) is 10.5 Å². The van der Waals surface area contributed by atoms with Crippen molar-refractivity contribution in [1.82, 2.24) is 4.98 Å². The fourth-order valence-electron chi connectivity index (χ4n) is 2.94. The highest BCUT2D eigenvalue weighted by Gasteiger charge is 2.63. The van der Waals surface area contributed by atoms with Crippen molar-refractivity contribution in [2.24, 2.45) is 11.1 Å². The first-order valence-corrected chi connectivity index (χ1v) is 8.44. The summed E-state index contributed by atoms with van der Waals surface area (Å²) in [6.07, 6.45) is 3.01. The largest absolute Gasteiger partial charge is 0.378 e. The Labute approximate surface area is 141 Å². The van der Waals surface area contributed by atoms with Gasteiger partial charge >= 0.3 is 0 Å². The lowest BCUT2D eigenvalue weighted by Gasteiger charge is -2.57. The third-order valence-electron chi connectivity index (χ3n) is 4.97. The van der Waals surface area contributed by atoms with E-state index < -0.39 is 5.54 Å². The lowest BCUT2D eigenvalue weighted by atomic mass is 9.54. The predicted octanol–water partition coefficient (Wildman–Crippen LogP) is 2.91. The van der Waals surface area contributed by atoms with Crippen LogP contribution in [0.5, 0.6) is 0 Å². The summed E-state index contributed by atoms with van der Waals surface area (Å²) in [7, 11) is 0. The molecular weight excluding hydrogens is 322 g/mol. The maximum atomic E-state index is 12.6. The Morgan fingerprint density at radius 1 is 1.55 bits per heavy atom. The van der Waals surface area contributed by atoms with Crippen molar-refractivity contribution in [3.8, 4) is 0 Å². The van der Waals surface area contributed by atoms with Gasteiger partial charge in [0.25, 0.3) is 0 Å². The second kappa shape index (κ2) is 6.07. The summed E-state index contributed by atoms with van der Waals surface area (Å²) in [6, 6.07) is 0. The minimum Gasteiger partial charge on any atom is -0.378 e. The molecule has 0 radical (unpaired) electrons. The summed E-state index contributed by atoms with van der Waals surface area (Å²) < 4.78 is 5.66. The Morgan fingerprint density at radius 2 is 2.23 bits per heavy atom. The summed E-state index contributed by atoms with van der Waals surface area (Å²) in [5, 5.41) is 5.58. The molecule has 0 aromatic carbocycles. The molecule has 1 aromatic heterocycles. The molecule has 3 N–H and O–H groups in total. The standard InChI is InChI=1S/C15H23N3O2S.ClH/c1-4-20-11-7-15(16,14(11,2)3)12(19)18-13-17-10(8-21-13)9-5-6-9;/h8-9,11H,4-7,16H2,1-3H3,(H,17,18,19);1H. The van der Waals surface area contributed by atoms with Crippen LogP contribution in [0.25, 0.3) is 0 Å². The predicted molar refractivity (Wildman–Crippen MR) is 90.7 cm³/mol. The van der Waals surface area contributed by atoms with Crippen molar-refractivity contribution >= 4 is 34.8 Å². The van der Waals surface area contributed by atoms with Crippen LogP contribution in [0.3, 0.4) is 0 Å². The van der Waals surface area contributed by atoms with E-state index in [0.717, 1.165) is 5.69 Å². The number of hydrogen-bond acceptors (Lipinski definition) is 5. The van der Waals surface area contributed by atoms with E-state index in [2.05, 4.69) is 10.3 Å². The molecule has 1 amide bonds. The summed E-state index contributed by atoms with van der Waals surface area (Å²) in [5.74, 6) is 0.446. The Morgan fingerprint density at radius 3 is 2.77 bits per heavy atom. The molecule has 2 aliphatic rings. The quantitative estimate of drug-likeness (QED) is 0.860. The number of hydrogen-bond donors (Lipinski definition) is 2. The molecule has 22 heavy (non-hydrogen) atoms. The van der Waals surface area contributed by atoms with Gasteiger partial charge in [-0.1, -0.05) is 13.8 Å². The van der Waals surface area contributed by atoms with E-state index in [9.17, 15) is 4.79 Å². The highest BCUT2D eigenvalue weighted by molar-refractivity contribution is 7.14. The second-order valence-electron chi connectivity index (χ2n) is 6.65. The number of carbonyl (C=O) groups excluding carboxylic acids is 1. The molecule has 3 rings (SSSR count). The van der Waals surface area contributed by atoms with Crippen molar-refractivity contribution < 1.29 is 9.53 Å². The molecule has 2 aliphatic carbocycles. The van der Waals surface area contributed by atoms with Crippen LogP contribution in [0.4, 0.5) is 5.13 Å². The molecule has 0 saturated heterocycles. The van der Waals surface area contributed by atoms with Gasteiger partial charge in [0.05, 0.1) is 11.8 Å². The van der Waals surface area contributed by atoms with E-state index in [1.165, 1.54) is 24.2 Å². The van der Waals surface area contributed by atoms with Crippen molar-refractivity contribution in [2.45, 2.75) is 57.6 Å². The maximum absolute atomic E-state index is 12.6. The molecule has 5 nitrogen and oxygen atoms in total. The number of aromatic nitrogens is 1. The van der Waals surface area contributed by atoms with Gasteiger partial charge in [0, 0.05) is 29.7 Å². The van der Waals surface area contributed by atoms with Crippen molar-refractivity contribution in [2.75, 3.05) is 11.9 Å². The average Bonchev–Trinajstić information content (AvgIpc) is 3.19. The van der Waals surface area contributed by atoms with Crippen molar-refractivity contribution in [3.05, 3.63) is 11.1 Å². The van der Waals surface area contributed by atoms with Gasteiger partial charge in [-0.3, -0.25) is 4.79 Å². The summed E-state index contributed by atoms with van der Waals surface area (Å²) in [5.41, 5.74) is 6.19. The number of ether oxygens (including phenoxy) is 1. The van der Waals surface area contributed by atoms with Crippen LogP contribution < -0.4 is 11.1 Å². The highest BCUT2D eigenvalue weighted by Crippen LogP contribution is 2.50. The van der Waals surface area contributed by atoms with E-state index in [1.807, 2.05) is 26.2 Å². The number of thiazole rings is 1. The van der Waals surface area contributed by atoms with Gasteiger partial charge in [0.2, 0.25) is 5.91 Å². The number of rotatable bonds is 5. The Kier molecular flexibility index (Phi) is 4.88. The number of halogens is 1. The first-order valence-electron chi connectivity index (χ1n) is 7.56. The lowest BCUT2D eigenvalue weighted by Crippen LogP contribution is -2.74. The van der Waals surface area contributed by atoms with E-state index in [-0.39, 0.29) is 29.8 Å². The first-order chi connectivity index (χ1) is 9.88. The number of carbonyl (C=O) groups is 1. The normalized spacial score (nSPS) is 29.4. The van der Waals surface area contributed by atoms with Gasteiger partial charge in [0.1, 0.15) is 5.54 Å². The summed E-state index contributed by atoms with van der Waals surface area (Å²) >= 11 is 1.48. The van der Waals surface area contributed by atoms with Crippen LogP contribution in [0.2, 0.25) is 0 Å². The maximum Gasteiger partial charge on any atom is 0.246 e. The molecule has 0 spiro atoms. The number of nitrogens with one attached hydrogen (secondary N) is 1. The molecule has 124 valence electrons. The number of nitrogens with two attached hydrogens (primary N) is 1. The molecule has 7 heteroatoms. The molecule has 1 heterocycles. The SMILES string of the molecule is CCOC1CC(N)(C(=O)Nc2nc(C3CC3)cs2)C1(C)C.Cl. The second-order valence-corrected chi connectivity index (χ2v) is 7.51. The van der Waals surface area contributed by atoms with Gasteiger partial charge in [-0.15, -0.1) is 23.7 Å². The Bertz CT molecular complexity index is 559. The Hall–Kier alpha value is -0.690. The molecule has 1 aromatic rings. The minimum atomic E-state index is -0.891. The average molecular weight is 346 g/mol. The van der Waals surface area contributed by atoms with Crippen LogP contribution in [-0.4, -0.2) is 29.1 Å². The van der Waals surface area contributed by atoms with E-state index in [0.29, 0.717) is 24.1 Å². The van der Waals surface area contributed by atoms with Gasteiger partial charge in [-0.2, -0.15) is 0 Å². The number of nitrogens with zero attached hydrogens (tertiary/aromatic N) is 1. The van der Waals surface area contributed by atoms with E-state index >= 15 is 0 Å². The van der Waals surface area contributed by atoms with E-state index in [1.54, 1.807) is 0 Å². The lowest BCUT2D eigenvalue weighted by molar-refractivity contribution is -0.166. The summed E-state index contributed by atoms with van der Waals surface area (Å²) in [6.45, 7) is 6.59. The van der Waals surface area contributed by atoms with Crippen LogP contribution in [-0.2, 0) is 9.53 Å². The molecular formula is C15H24ClN3O2S. The van der Waals surface area contributed by atoms with Crippen molar-refractivity contribution in [1.29, 1.82) is 0 Å². The molecule has 0 bridgehead atoms. The van der Waals surface area contributed by atoms with Crippen LogP contribution in [0.1, 0.15) is 51.6 Å². The minimum absolute atomic E-state index is 0. The van der Waals surface area contributed by atoms with Gasteiger partial charge < -0.3 is 15.8 Å². The number of anilines is 1. The zero-order chi connectivity index (χ0) is 15.3. The van der Waals surface area contributed by atoms with Crippen LogP contribution in [0, 0.1) is 5.41 Å². The highest BCUT2D eigenvalue weighted by atomic mass is 35.5. The molecule has 2 saturated carbocycles. The fourth-order valence-corrected chi connectivity index (χ4v) is 3.73. The smallest absolute Gasteiger partial charge is 0.246 e. The van der Waals surface area contributed by atoms with Gasteiger partial charge in [-0.25, -0.2) is 4.98 Å². The monoisotopic (exact) mass is 345 g/mol. The number of amides is 1. The zero-order valence-electron chi connectivity index (χ0n) is 13.2. The third-order valence-corrected chi connectivity index (χ3v) is 5.75. The first kappa shape index (κ1) is 17.7. The molecule has 2 fully saturated rings. The fraction of sp³-hybridized carbons (Fsp3) is 0.733. The van der Waals surface area contributed by atoms with Gasteiger partial charge in [-0.05, 0) is 19.8 Å². The zero-order valence-corrected chi connectivity index (χ0v) is 14.9. The van der Waals surface area contributed by atoms with Crippen LogP contribution in [0.15, 0.2) is 5.38 Å². The Balaban J connectivity index is 0.00000176. The van der Waals surface area contributed by atoms with Crippen LogP contribution >= 0.6 is 23.7 Å². The molecule has 2 unspecified atom stereocenters. The molecule has 0 aliphatic heterocycles. The molecule has 2 atom stereocenters.